The molecule has 19 heavy (non-hydrogen) atoms. The highest BCUT2D eigenvalue weighted by Crippen LogP contribution is 2.39. The Labute approximate surface area is 113 Å². The van der Waals surface area contributed by atoms with Crippen LogP contribution in [0.4, 0.5) is 0 Å². The van der Waals surface area contributed by atoms with Crippen molar-refractivity contribution in [3.8, 4) is 5.75 Å². The molecule has 1 amide bonds. The summed E-state index contributed by atoms with van der Waals surface area (Å²) < 4.78 is 5.66. The molecule has 3 nitrogen and oxygen atoms in total. The summed E-state index contributed by atoms with van der Waals surface area (Å²) in [5.74, 6) is 1.07. The summed E-state index contributed by atoms with van der Waals surface area (Å²) in [5.41, 5.74) is 5.57. The van der Waals surface area contributed by atoms with Gasteiger partial charge in [-0.3, -0.25) is 4.79 Å². The van der Waals surface area contributed by atoms with Gasteiger partial charge in [-0.25, -0.2) is 0 Å². The number of aryl methyl sites for hydroxylation is 1. The molecule has 0 bridgehead atoms. The van der Waals surface area contributed by atoms with Crippen molar-refractivity contribution < 1.29 is 9.53 Å². The van der Waals surface area contributed by atoms with E-state index in [0.29, 0.717) is 6.54 Å². The van der Waals surface area contributed by atoms with E-state index in [9.17, 15) is 4.79 Å². The maximum Gasteiger partial charge on any atom is 0.217 e. The molecule has 0 aromatic heterocycles. The van der Waals surface area contributed by atoms with Crippen LogP contribution in [0.1, 0.15) is 36.5 Å². The number of carbonyl (C=O) groups excluding carboxylic acids is 1. The van der Waals surface area contributed by atoms with E-state index in [2.05, 4.69) is 23.5 Å². The highest BCUT2D eigenvalue weighted by Gasteiger charge is 2.23. The molecular weight excluding hydrogens is 238 g/mol. The van der Waals surface area contributed by atoms with E-state index in [0.717, 1.165) is 31.6 Å². The second-order valence-electron chi connectivity index (χ2n) is 5.19. The van der Waals surface area contributed by atoms with Gasteiger partial charge in [-0.05, 0) is 42.0 Å². The minimum Gasteiger partial charge on any atom is -0.493 e. The Morgan fingerprint density at radius 1 is 1.37 bits per heavy atom. The number of rotatable bonds is 2. The molecule has 0 fully saturated rings. The molecule has 1 heterocycles. The summed E-state index contributed by atoms with van der Waals surface area (Å²) in [5, 5.41) is 2.84. The maximum atomic E-state index is 11.0. The summed E-state index contributed by atoms with van der Waals surface area (Å²) in [4.78, 5) is 11.0. The van der Waals surface area contributed by atoms with Crippen LogP contribution in [0.3, 0.4) is 0 Å². The van der Waals surface area contributed by atoms with E-state index in [1.807, 2.05) is 0 Å². The molecule has 1 aromatic rings. The van der Waals surface area contributed by atoms with E-state index in [1.165, 1.54) is 28.7 Å². The fourth-order valence-electron chi connectivity index (χ4n) is 3.05. The van der Waals surface area contributed by atoms with Gasteiger partial charge in [-0.1, -0.05) is 12.1 Å². The molecule has 0 spiro atoms. The predicted octanol–water partition coefficient (Wildman–Crippen LogP) is 2.48. The quantitative estimate of drug-likeness (QED) is 0.884. The lowest BCUT2D eigenvalue weighted by Crippen LogP contribution is -2.20. The second-order valence-corrected chi connectivity index (χ2v) is 5.19. The Balaban J connectivity index is 1.94. The third kappa shape index (κ3) is 2.37. The average molecular weight is 257 g/mol. The van der Waals surface area contributed by atoms with E-state index >= 15 is 0 Å². The summed E-state index contributed by atoms with van der Waals surface area (Å²) in [6.07, 6.45) is 6.62. The molecule has 0 unspecified atom stereocenters. The van der Waals surface area contributed by atoms with Gasteiger partial charge >= 0.3 is 0 Å². The Bertz CT molecular complexity index is 546. The highest BCUT2D eigenvalue weighted by atomic mass is 16.5. The van der Waals surface area contributed by atoms with Crippen molar-refractivity contribution in [2.75, 3.05) is 13.2 Å². The third-order valence-corrected chi connectivity index (χ3v) is 3.88. The lowest BCUT2D eigenvalue weighted by molar-refractivity contribution is -0.118. The van der Waals surface area contributed by atoms with E-state index in [4.69, 9.17) is 4.74 Å². The normalized spacial score (nSPS) is 18.7. The number of amides is 1. The first kappa shape index (κ1) is 12.3. The van der Waals surface area contributed by atoms with Crippen molar-refractivity contribution in [2.45, 2.75) is 32.6 Å². The summed E-state index contributed by atoms with van der Waals surface area (Å²) in [7, 11) is 0. The number of hydrogen-bond donors (Lipinski definition) is 1. The van der Waals surface area contributed by atoms with Crippen LogP contribution < -0.4 is 10.1 Å². The van der Waals surface area contributed by atoms with Crippen LogP contribution in [0.2, 0.25) is 0 Å². The van der Waals surface area contributed by atoms with Crippen molar-refractivity contribution in [3.63, 3.8) is 0 Å². The summed E-state index contributed by atoms with van der Waals surface area (Å²) in [6.45, 7) is 2.97. The monoisotopic (exact) mass is 257 g/mol. The molecule has 2 aliphatic rings. The zero-order valence-corrected chi connectivity index (χ0v) is 11.3. The van der Waals surface area contributed by atoms with Crippen LogP contribution in [0.15, 0.2) is 18.2 Å². The van der Waals surface area contributed by atoms with Gasteiger partial charge in [-0.2, -0.15) is 0 Å². The molecule has 0 atom stereocenters. The number of ether oxygens (including phenoxy) is 1. The van der Waals surface area contributed by atoms with Crippen LogP contribution in [0.25, 0.3) is 5.57 Å². The van der Waals surface area contributed by atoms with Crippen molar-refractivity contribution in [2.24, 2.45) is 0 Å². The number of hydrogen-bond acceptors (Lipinski definition) is 2. The van der Waals surface area contributed by atoms with Gasteiger partial charge < -0.3 is 10.1 Å². The van der Waals surface area contributed by atoms with Crippen LogP contribution in [0.5, 0.6) is 5.75 Å². The van der Waals surface area contributed by atoms with Crippen molar-refractivity contribution in [1.29, 1.82) is 0 Å². The Hall–Kier alpha value is -1.77. The first-order valence-electron chi connectivity index (χ1n) is 6.97. The SMILES string of the molecule is CC(=O)NC/C=C1\CCCc2ccc3c(c21)CCO3. The molecule has 100 valence electrons. The van der Waals surface area contributed by atoms with Crippen LogP contribution in [-0.4, -0.2) is 19.1 Å². The van der Waals surface area contributed by atoms with E-state index in [1.54, 1.807) is 6.92 Å². The second kappa shape index (κ2) is 5.08. The first-order valence-corrected chi connectivity index (χ1v) is 6.97. The van der Waals surface area contributed by atoms with Crippen LogP contribution in [0, 0.1) is 0 Å². The minimum atomic E-state index is 0.0227. The van der Waals surface area contributed by atoms with E-state index in [-0.39, 0.29) is 5.91 Å². The number of nitrogens with one attached hydrogen (secondary N) is 1. The Kier molecular flexibility index (Phi) is 3.28. The van der Waals surface area contributed by atoms with Gasteiger partial charge in [0.05, 0.1) is 6.61 Å². The minimum absolute atomic E-state index is 0.0227. The standard InChI is InChI=1S/C16H19NO2/c1-11(18)17-9-7-13-4-2-3-12-5-6-15-14(16(12)13)8-10-19-15/h5-7H,2-4,8-10H2,1H3,(H,17,18)/b13-7+. The number of carbonyl (C=O) groups is 1. The lowest BCUT2D eigenvalue weighted by Gasteiger charge is -2.22. The van der Waals surface area contributed by atoms with Gasteiger partial charge in [0.15, 0.2) is 0 Å². The first-order chi connectivity index (χ1) is 9.25. The predicted molar refractivity (Wildman–Crippen MR) is 75.2 cm³/mol. The molecule has 3 rings (SSSR count). The fourth-order valence-corrected chi connectivity index (χ4v) is 3.05. The Morgan fingerprint density at radius 2 is 2.26 bits per heavy atom. The molecule has 0 radical (unpaired) electrons. The molecule has 0 saturated carbocycles. The lowest BCUT2D eigenvalue weighted by atomic mass is 9.83. The Morgan fingerprint density at radius 3 is 3.11 bits per heavy atom. The topological polar surface area (TPSA) is 38.3 Å². The molecule has 1 aliphatic carbocycles. The van der Waals surface area contributed by atoms with Gasteiger partial charge in [0.1, 0.15) is 5.75 Å². The molecule has 1 aliphatic heterocycles. The zero-order chi connectivity index (χ0) is 13.2. The number of benzene rings is 1. The molecular formula is C16H19NO2. The third-order valence-electron chi connectivity index (χ3n) is 3.88. The number of allylic oxidation sites excluding steroid dienone is 1. The fraction of sp³-hybridized carbons (Fsp3) is 0.438. The summed E-state index contributed by atoms with van der Waals surface area (Å²) in [6, 6.07) is 4.31. The molecule has 0 saturated heterocycles. The average Bonchev–Trinajstić information content (AvgIpc) is 2.86. The van der Waals surface area contributed by atoms with Crippen molar-refractivity contribution >= 4 is 11.5 Å². The van der Waals surface area contributed by atoms with Crippen LogP contribution >= 0.6 is 0 Å². The largest absolute Gasteiger partial charge is 0.493 e. The van der Waals surface area contributed by atoms with Gasteiger partial charge in [0.25, 0.3) is 0 Å². The van der Waals surface area contributed by atoms with Crippen molar-refractivity contribution in [3.05, 3.63) is 34.9 Å². The molecule has 1 aromatic carbocycles. The van der Waals surface area contributed by atoms with Crippen molar-refractivity contribution in [1.82, 2.24) is 5.32 Å². The smallest absolute Gasteiger partial charge is 0.217 e. The van der Waals surface area contributed by atoms with E-state index < -0.39 is 0 Å². The zero-order valence-electron chi connectivity index (χ0n) is 11.3. The van der Waals surface area contributed by atoms with Gasteiger partial charge in [0.2, 0.25) is 5.91 Å². The van der Waals surface area contributed by atoms with Crippen LogP contribution in [-0.2, 0) is 17.6 Å². The van der Waals surface area contributed by atoms with Gasteiger partial charge in [0, 0.05) is 25.5 Å². The maximum absolute atomic E-state index is 11.0. The molecule has 1 N–H and O–H groups in total. The number of fused-ring (bicyclic) bond motifs is 3. The molecule has 3 heteroatoms. The highest BCUT2D eigenvalue weighted by molar-refractivity contribution is 5.76. The summed E-state index contributed by atoms with van der Waals surface area (Å²) >= 11 is 0. The van der Waals surface area contributed by atoms with Gasteiger partial charge in [-0.15, -0.1) is 0 Å².